The van der Waals surface area contributed by atoms with E-state index in [1.165, 1.54) is 0 Å². The van der Waals surface area contributed by atoms with Gasteiger partial charge in [-0.05, 0) is 37.1 Å². The van der Waals surface area contributed by atoms with E-state index in [1.54, 1.807) is 13.3 Å². The van der Waals surface area contributed by atoms with E-state index in [0.717, 1.165) is 33.6 Å². The summed E-state index contributed by atoms with van der Waals surface area (Å²) >= 11 is 3.49. The highest BCUT2D eigenvalue weighted by Gasteiger charge is 2.21. The minimum atomic E-state index is -0.255. The lowest BCUT2D eigenvalue weighted by molar-refractivity contribution is 0.404. The van der Waals surface area contributed by atoms with Crippen molar-refractivity contribution in [2.75, 3.05) is 7.11 Å². The molecule has 1 atom stereocenters. The van der Waals surface area contributed by atoms with E-state index in [9.17, 15) is 0 Å². The monoisotopic (exact) mass is 323 g/mol. The molecule has 1 unspecified atom stereocenters. The Morgan fingerprint density at radius 3 is 2.84 bits per heavy atom. The van der Waals surface area contributed by atoms with Crippen molar-refractivity contribution >= 4 is 15.9 Å². The second kappa shape index (κ2) is 5.75. The van der Waals surface area contributed by atoms with E-state index in [1.807, 2.05) is 23.7 Å². The van der Waals surface area contributed by atoms with Gasteiger partial charge in [0.05, 0.1) is 19.3 Å². The summed E-state index contributed by atoms with van der Waals surface area (Å²) in [6.07, 6.45) is 1.71. The van der Waals surface area contributed by atoms with Gasteiger partial charge in [-0.1, -0.05) is 22.0 Å². The molecule has 0 aliphatic rings. The lowest BCUT2D eigenvalue weighted by atomic mass is 9.99. The molecule has 1 aromatic carbocycles. The fourth-order valence-electron chi connectivity index (χ4n) is 2.19. The van der Waals surface area contributed by atoms with Crippen LogP contribution in [0.25, 0.3) is 0 Å². The Labute approximate surface area is 121 Å². The first kappa shape index (κ1) is 14.1. The van der Waals surface area contributed by atoms with Crippen LogP contribution in [0.1, 0.15) is 29.8 Å². The summed E-state index contributed by atoms with van der Waals surface area (Å²) in [6.45, 7) is 4.86. The number of nitrogens with zero attached hydrogens (tertiary/aromatic N) is 2. The molecule has 1 heterocycles. The zero-order chi connectivity index (χ0) is 14.0. The zero-order valence-corrected chi connectivity index (χ0v) is 12.9. The van der Waals surface area contributed by atoms with Gasteiger partial charge in [-0.15, -0.1) is 0 Å². The van der Waals surface area contributed by atoms with Gasteiger partial charge < -0.3 is 10.5 Å². The zero-order valence-electron chi connectivity index (χ0n) is 11.4. The number of hydrogen-bond acceptors (Lipinski definition) is 3. The SMILES string of the molecule is CCn1ncc(OC)c1C(N)c1cc(Br)ccc1C. The quantitative estimate of drug-likeness (QED) is 0.940. The normalized spacial score (nSPS) is 12.5. The van der Waals surface area contributed by atoms with E-state index in [2.05, 4.69) is 34.0 Å². The summed E-state index contributed by atoms with van der Waals surface area (Å²) in [6, 6.07) is 5.86. The van der Waals surface area contributed by atoms with Crippen molar-refractivity contribution in [2.45, 2.75) is 26.4 Å². The number of rotatable bonds is 4. The Hall–Kier alpha value is -1.33. The second-order valence-electron chi connectivity index (χ2n) is 4.39. The smallest absolute Gasteiger partial charge is 0.161 e. The van der Waals surface area contributed by atoms with Gasteiger partial charge in [0.25, 0.3) is 0 Å². The molecular weight excluding hydrogens is 306 g/mol. The van der Waals surface area contributed by atoms with Gasteiger partial charge in [-0.3, -0.25) is 4.68 Å². The minimum absolute atomic E-state index is 0.255. The third-order valence-electron chi connectivity index (χ3n) is 3.24. The highest BCUT2D eigenvalue weighted by atomic mass is 79.9. The number of halogens is 1. The third-order valence-corrected chi connectivity index (χ3v) is 3.73. The number of aryl methyl sites for hydroxylation is 2. The van der Waals surface area contributed by atoms with Crippen LogP contribution in [0.4, 0.5) is 0 Å². The molecule has 1 aromatic heterocycles. The maximum absolute atomic E-state index is 6.42. The van der Waals surface area contributed by atoms with E-state index in [-0.39, 0.29) is 6.04 Å². The molecule has 2 N–H and O–H groups in total. The average molecular weight is 324 g/mol. The highest BCUT2D eigenvalue weighted by Crippen LogP contribution is 2.31. The van der Waals surface area contributed by atoms with Crippen LogP contribution in [0.3, 0.4) is 0 Å². The molecule has 0 fully saturated rings. The molecule has 102 valence electrons. The summed E-state index contributed by atoms with van der Waals surface area (Å²) in [5, 5.41) is 4.30. The van der Waals surface area contributed by atoms with E-state index >= 15 is 0 Å². The predicted octanol–water partition coefficient (Wildman–Crippen LogP) is 3.03. The number of nitrogens with two attached hydrogens (primary N) is 1. The van der Waals surface area contributed by atoms with Gasteiger partial charge in [-0.2, -0.15) is 5.10 Å². The first-order valence-corrected chi connectivity index (χ1v) is 6.99. The van der Waals surface area contributed by atoms with Gasteiger partial charge in [0.2, 0.25) is 0 Å². The van der Waals surface area contributed by atoms with Gasteiger partial charge in [0.15, 0.2) is 5.75 Å². The highest BCUT2D eigenvalue weighted by molar-refractivity contribution is 9.10. The molecule has 0 saturated carbocycles. The van der Waals surface area contributed by atoms with Crippen molar-refractivity contribution in [2.24, 2.45) is 5.73 Å². The van der Waals surface area contributed by atoms with Gasteiger partial charge >= 0.3 is 0 Å². The Kier molecular flexibility index (Phi) is 4.27. The van der Waals surface area contributed by atoms with Crippen LogP contribution < -0.4 is 10.5 Å². The number of benzene rings is 1. The standard InChI is InChI=1S/C14H18BrN3O/c1-4-18-14(12(19-3)8-17-18)13(16)11-7-10(15)6-5-9(11)2/h5-8,13H,4,16H2,1-3H3. The van der Waals surface area contributed by atoms with Crippen molar-refractivity contribution in [3.8, 4) is 5.75 Å². The molecule has 0 aliphatic heterocycles. The maximum atomic E-state index is 6.42. The van der Waals surface area contributed by atoms with Crippen LogP contribution in [0, 0.1) is 6.92 Å². The Balaban J connectivity index is 2.51. The molecule has 0 saturated heterocycles. The third kappa shape index (κ3) is 2.67. The Bertz CT molecular complexity index is 559. The first-order chi connectivity index (χ1) is 9.08. The largest absolute Gasteiger partial charge is 0.493 e. The molecule has 2 rings (SSSR count). The lowest BCUT2D eigenvalue weighted by Gasteiger charge is -2.18. The molecule has 19 heavy (non-hydrogen) atoms. The summed E-state index contributed by atoms with van der Waals surface area (Å²) < 4.78 is 8.26. The van der Waals surface area contributed by atoms with Crippen LogP contribution in [-0.4, -0.2) is 16.9 Å². The summed E-state index contributed by atoms with van der Waals surface area (Å²) in [5.74, 6) is 0.730. The van der Waals surface area contributed by atoms with E-state index in [0.29, 0.717) is 0 Å². The van der Waals surface area contributed by atoms with Crippen molar-refractivity contribution in [1.82, 2.24) is 9.78 Å². The molecule has 0 bridgehead atoms. The maximum Gasteiger partial charge on any atom is 0.161 e. The van der Waals surface area contributed by atoms with Gasteiger partial charge in [0, 0.05) is 11.0 Å². The van der Waals surface area contributed by atoms with Crippen LogP contribution in [-0.2, 0) is 6.54 Å². The molecule has 4 nitrogen and oxygen atoms in total. The summed E-state index contributed by atoms with van der Waals surface area (Å²) in [5.41, 5.74) is 9.56. The van der Waals surface area contributed by atoms with Gasteiger partial charge in [0.1, 0.15) is 5.69 Å². The number of ether oxygens (including phenoxy) is 1. The van der Waals surface area contributed by atoms with Crippen LogP contribution >= 0.6 is 15.9 Å². The van der Waals surface area contributed by atoms with Crippen molar-refractivity contribution in [3.63, 3.8) is 0 Å². The summed E-state index contributed by atoms with van der Waals surface area (Å²) in [7, 11) is 1.64. The Morgan fingerprint density at radius 2 is 2.21 bits per heavy atom. The average Bonchev–Trinajstić information content (AvgIpc) is 2.83. The van der Waals surface area contributed by atoms with Crippen molar-refractivity contribution in [1.29, 1.82) is 0 Å². The fraction of sp³-hybridized carbons (Fsp3) is 0.357. The molecule has 0 aliphatic carbocycles. The molecule has 0 radical (unpaired) electrons. The van der Waals surface area contributed by atoms with Crippen molar-refractivity contribution in [3.05, 3.63) is 45.7 Å². The van der Waals surface area contributed by atoms with Gasteiger partial charge in [-0.25, -0.2) is 0 Å². The first-order valence-electron chi connectivity index (χ1n) is 6.19. The second-order valence-corrected chi connectivity index (χ2v) is 5.31. The van der Waals surface area contributed by atoms with Crippen LogP contribution in [0.2, 0.25) is 0 Å². The molecular formula is C14H18BrN3O. The van der Waals surface area contributed by atoms with E-state index < -0.39 is 0 Å². The topological polar surface area (TPSA) is 53.1 Å². The van der Waals surface area contributed by atoms with Crippen LogP contribution in [0.15, 0.2) is 28.9 Å². The fourth-order valence-corrected chi connectivity index (χ4v) is 2.57. The Morgan fingerprint density at radius 1 is 1.47 bits per heavy atom. The van der Waals surface area contributed by atoms with Crippen LogP contribution in [0.5, 0.6) is 5.75 Å². The number of hydrogen-bond donors (Lipinski definition) is 1. The predicted molar refractivity (Wildman–Crippen MR) is 79.4 cm³/mol. The molecule has 0 amide bonds. The molecule has 0 spiro atoms. The lowest BCUT2D eigenvalue weighted by Crippen LogP contribution is -2.19. The molecule has 5 heteroatoms. The van der Waals surface area contributed by atoms with Crippen molar-refractivity contribution < 1.29 is 4.74 Å². The molecule has 2 aromatic rings. The summed E-state index contributed by atoms with van der Waals surface area (Å²) in [4.78, 5) is 0. The number of aromatic nitrogens is 2. The number of methoxy groups -OCH3 is 1. The minimum Gasteiger partial charge on any atom is -0.493 e. The van der Waals surface area contributed by atoms with E-state index in [4.69, 9.17) is 10.5 Å².